The Labute approximate surface area is 90.4 Å². The van der Waals surface area contributed by atoms with Gasteiger partial charge in [-0.1, -0.05) is 0 Å². The lowest BCUT2D eigenvalue weighted by atomic mass is 10.3. The standard InChI is InChI=1S/C10H16N2O2S/c1-7(2)15(13,14)8-4-5-10(12-3)9(11)6-8/h4-7,12H,11H2,1-3H3. The van der Waals surface area contributed by atoms with Crippen molar-refractivity contribution in [1.82, 2.24) is 0 Å². The molecule has 0 heterocycles. The number of hydrogen-bond donors (Lipinski definition) is 2. The van der Waals surface area contributed by atoms with Crippen LogP contribution >= 0.6 is 0 Å². The molecule has 0 aliphatic heterocycles. The lowest BCUT2D eigenvalue weighted by Gasteiger charge is -2.10. The zero-order valence-electron chi connectivity index (χ0n) is 9.11. The Hall–Kier alpha value is -1.23. The Balaban J connectivity index is 3.25. The summed E-state index contributed by atoms with van der Waals surface area (Å²) in [4.78, 5) is 0.272. The van der Waals surface area contributed by atoms with E-state index in [9.17, 15) is 8.42 Å². The second kappa shape index (κ2) is 4.10. The van der Waals surface area contributed by atoms with Crippen LogP contribution in [0.25, 0.3) is 0 Å². The number of benzene rings is 1. The first-order valence-electron chi connectivity index (χ1n) is 4.70. The molecule has 0 amide bonds. The highest BCUT2D eigenvalue weighted by Crippen LogP contribution is 2.24. The fourth-order valence-corrected chi connectivity index (χ4v) is 2.31. The molecule has 0 aliphatic rings. The topological polar surface area (TPSA) is 72.2 Å². The summed E-state index contributed by atoms with van der Waals surface area (Å²) in [6, 6.07) is 4.73. The van der Waals surface area contributed by atoms with Gasteiger partial charge in [-0.05, 0) is 32.0 Å². The van der Waals surface area contributed by atoms with Gasteiger partial charge in [0.05, 0.1) is 21.5 Å². The van der Waals surface area contributed by atoms with Crippen molar-refractivity contribution in [2.75, 3.05) is 18.1 Å². The maximum Gasteiger partial charge on any atom is 0.180 e. The summed E-state index contributed by atoms with van der Waals surface area (Å²) in [5, 5.41) is 2.45. The lowest BCUT2D eigenvalue weighted by Crippen LogP contribution is -2.14. The van der Waals surface area contributed by atoms with Crippen molar-refractivity contribution in [1.29, 1.82) is 0 Å². The van der Waals surface area contributed by atoms with E-state index in [1.54, 1.807) is 33.0 Å². The summed E-state index contributed by atoms with van der Waals surface area (Å²) < 4.78 is 23.6. The van der Waals surface area contributed by atoms with Crippen LogP contribution < -0.4 is 11.1 Å². The maximum absolute atomic E-state index is 11.8. The molecule has 0 saturated carbocycles. The maximum atomic E-state index is 11.8. The molecule has 84 valence electrons. The van der Waals surface area contributed by atoms with Crippen LogP contribution in [0.4, 0.5) is 11.4 Å². The summed E-state index contributed by atoms with van der Waals surface area (Å²) in [7, 11) is -1.49. The average molecular weight is 228 g/mol. The monoisotopic (exact) mass is 228 g/mol. The van der Waals surface area contributed by atoms with Crippen molar-refractivity contribution in [2.45, 2.75) is 24.0 Å². The fraction of sp³-hybridized carbons (Fsp3) is 0.400. The third-order valence-corrected chi connectivity index (χ3v) is 4.39. The molecular formula is C10H16N2O2S. The van der Waals surface area contributed by atoms with Crippen LogP contribution in [-0.2, 0) is 9.84 Å². The van der Waals surface area contributed by atoms with Gasteiger partial charge in [0.2, 0.25) is 0 Å². The minimum absolute atomic E-state index is 0.272. The number of hydrogen-bond acceptors (Lipinski definition) is 4. The molecule has 0 spiro atoms. The van der Waals surface area contributed by atoms with Crippen LogP contribution in [0.3, 0.4) is 0 Å². The van der Waals surface area contributed by atoms with Crippen molar-refractivity contribution >= 4 is 21.2 Å². The van der Waals surface area contributed by atoms with E-state index in [1.165, 1.54) is 6.07 Å². The summed E-state index contributed by atoms with van der Waals surface area (Å²) in [6.45, 7) is 3.30. The molecule has 0 aliphatic carbocycles. The van der Waals surface area contributed by atoms with E-state index in [-0.39, 0.29) is 4.90 Å². The lowest BCUT2D eigenvalue weighted by molar-refractivity contribution is 0.587. The Bertz CT molecular complexity index is 452. The van der Waals surface area contributed by atoms with Crippen LogP contribution in [0.1, 0.15) is 13.8 Å². The van der Waals surface area contributed by atoms with Crippen LogP contribution in [0, 0.1) is 0 Å². The molecule has 0 aromatic heterocycles. The summed E-state index contributed by atoms with van der Waals surface area (Å²) in [5.74, 6) is 0. The van der Waals surface area contributed by atoms with Crippen molar-refractivity contribution in [2.24, 2.45) is 0 Å². The van der Waals surface area contributed by atoms with Crippen molar-refractivity contribution in [3.8, 4) is 0 Å². The van der Waals surface area contributed by atoms with E-state index in [2.05, 4.69) is 5.32 Å². The first-order chi connectivity index (χ1) is 6.89. The number of rotatable bonds is 3. The number of sulfone groups is 1. The second-order valence-electron chi connectivity index (χ2n) is 3.59. The van der Waals surface area contributed by atoms with Crippen LogP contribution in [0.5, 0.6) is 0 Å². The van der Waals surface area contributed by atoms with Crippen LogP contribution in [-0.4, -0.2) is 20.7 Å². The van der Waals surface area contributed by atoms with E-state index in [0.717, 1.165) is 5.69 Å². The van der Waals surface area contributed by atoms with Crippen molar-refractivity contribution < 1.29 is 8.42 Å². The van der Waals surface area contributed by atoms with E-state index in [0.29, 0.717) is 5.69 Å². The predicted molar refractivity (Wildman–Crippen MR) is 62.7 cm³/mol. The van der Waals surface area contributed by atoms with Crippen molar-refractivity contribution in [3.05, 3.63) is 18.2 Å². The molecule has 0 fully saturated rings. The van der Waals surface area contributed by atoms with Crippen LogP contribution in [0.2, 0.25) is 0 Å². The van der Waals surface area contributed by atoms with E-state index in [4.69, 9.17) is 5.73 Å². The molecule has 3 N–H and O–H groups in total. The average Bonchev–Trinajstić information content (AvgIpc) is 2.17. The summed E-state index contributed by atoms with van der Waals surface area (Å²) in [6.07, 6.45) is 0. The highest BCUT2D eigenvalue weighted by atomic mass is 32.2. The van der Waals surface area contributed by atoms with Gasteiger partial charge in [0.15, 0.2) is 9.84 Å². The van der Waals surface area contributed by atoms with Gasteiger partial charge in [-0.15, -0.1) is 0 Å². The molecule has 5 heteroatoms. The normalized spacial score (nSPS) is 11.7. The molecule has 0 radical (unpaired) electrons. The number of anilines is 2. The van der Waals surface area contributed by atoms with E-state index < -0.39 is 15.1 Å². The fourth-order valence-electron chi connectivity index (χ4n) is 1.22. The smallest absolute Gasteiger partial charge is 0.180 e. The SMILES string of the molecule is CNc1ccc(S(=O)(=O)C(C)C)cc1N. The minimum Gasteiger partial charge on any atom is -0.397 e. The van der Waals surface area contributed by atoms with Gasteiger partial charge in [0.25, 0.3) is 0 Å². The molecule has 1 aromatic rings. The van der Waals surface area contributed by atoms with Crippen molar-refractivity contribution in [3.63, 3.8) is 0 Å². The van der Waals surface area contributed by atoms with Gasteiger partial charge in [0.1, 0.15) is 0 Å². The minimum atomic E-state index is -3.23. The van der Waals surface area contributed by atoms with Crippen LogP contribution in [0.15, 0.2) is 23.1 Å². The Kier molecular flexibility index (Phi) is 3.24. The van der Waals surface area contributed by atoms with Gasteiger partial charge in [-0.25, -0.2) is 8.42 Å². The molecule has 0 saturated heterocycles. The van der Waals surface area contributed by atoms with E-state index >= 15 is 0 Å². The highest BCUT2D eigenvalue weighted by Gasteiger charge is 2.19. The zero-order chi connectivity index (χ0) is 11.6. The number of nitrogens with two attached hydrogens (primary N) is 1. The molecule has 15 heavy (non-hydrogen) atoms. The highest BCUT2D eigenvalue weighted by molar-refractivity contribution is 7.92. The van der Waals surface area contributed by atoms with Gasteiger partial charge in [0, 0.05) is 7.05 Å². The zero-order valence-corrected chi connectivity index (χ0v) is 9.93. The molecule has 1 aromatic carbocycles. The van der Waals surface area contributed by atoms with Gasteiger partial charge >= 0.3 is 0 Å². The summed E-state index contributed by atoms with van der Waals surface area (Å²) in [5.41, 5.74) is 6.88. The van der Waals surface area contributed by atoms with Gasteiger partial charge in [-0.2, -0.15) is 0 Å². The first-order valence-corrected chi connectivity index (χ1v) is 6.25. The Morgan fingerprint density at radius 1 is 1.33 bits per heavy atom. The predicted octanol–water partition coefficient (Wildman–Crippen LogP) is 1.49. The number of nitrogens with one attached hydrogen (secondary N) is 1. The number of nitrogen functional groups attached to an aromatic ring is 1. The Morgan fingerprint density at radius 3 is 2.33 bits per heavy atom. The third-order valence-electron chi connectivity index (χ3n) is 2.24. The first kappa shape index (κ1) is 11.8. The Morgan fingerprint density at radius 2 is 1.93 bits per heavy atom. The van der Waals surface area contributed by atoms with E-state index in [1.807, 2.05) is 0 Å². The quantitative estimate of drug-likeness (QED) is 0.769. The molecule has 0 bridgehead atoms. The summed E-state index contributed by atoms with van der Waals surface area (Å²) >= 11 is 0. The van der Waals surface area contributed by atoms with Gasteiger partial charge < -0.3 is 11.1 Å². The van der Waals surface area contributed by atoms with Gasteiger partial charge in [-0.3, -0.25) is 0 Å². The molecule has 0 atom stereocenters. The molecule has 0 unspecified atom stereocenters. The third kappa shape index (κ3) is 2.23. The molecule has 1 rings (SSSR count). The molecule has 4 nitrogen and oxygen atoms in total. The molecular weight excluding hydrogens is 212 g/mol. The second-order valence-corrected chi connectivity index (χ2v) is 6.10. The largest absolute Gasteiger partial charge is 0.397 e.